The number of nitrogens with one attached hydrogen (secondary N) is 2. The minimum atomic E-state index is -0.0742. The lowest BCUT2D eigenvalue weighted by Gasteiger charge is -2.28. The molecular formula is C13H17N5O. The number of aromatic nitrogens is 3. The van der Waals surface area contributed by atoms with Crippen LogP contribution in [-0.4, -0.2) is 22.0 Å². The normalized spacial score (nSPS) is 19.9. The van der Waals surface area contributed by atoms with Crippen LogP contribution in [0.3, 0.4) is 0 Å². The van der Waals surface area contributed by atoms with Crippen LogP contribution in [0, 0.1) is 0 Å². The predicted octanol–water partition coefficient (Wildman–Crippen LogP) is 1.01. The summed E-state index contributed by atoms with van der Waals surface area (Å²) in [4.78, 5) is 0. The molecule has 19 heavy (non-hydrogen) atoms. The second kappa shape index (κ2) is 5.48. The van der Waals surface area contributed by atoms with Crippen LogP contribution in [0.4, 0.5) is 0 Å². The molecule has 6 heteroatoms. The van der Waals surface area contributed by atoms with Crippen LogP contribution in [0.1, 0.15) is 35.4 Å². The molecule has 0 amide bonds. The maximum Gasteiger partial charge on any atom is 0.101 e. The van der Waals surface area contributed by atoms with Crippen molar-refractivity contribution >= 4 is 0 Å². The smallest absolute Gasteiger partial charge is 0.101 e. The third-order valence-corrected chi connectivity index (χ3v) is 3.53. The summed E-state index contributed by atoms with van der Waals surface area (Å²) in [5.74, 6) is 5.61. The van der Waals surface area contributed by atoms with Gasteiger partial charge in [0.15, 0.2) is 0 Å². The molecule has 0 spiro atoms. The molecule has 2 aromatic rings. The molecule has 0 saturated carbocycles. The number of ether oxygens (including phenoxy) is 1. The molecule has 6 nitrogen and oxygen atoms in total. The van der Waals surface area contributed by atoms with Gasteiger partial charge in [0.05, 0.1) is 24.9 Å². The molecule has 2 atom stereocenters. The van der Waals surface area contributed by atoms with E-state index in [0.717, 1.165) is 25.1 Å². The fourth-order valence-corrected chi connectivity index (χ4v) is 2.54. The number of fused-ring (bicyclic) bond motifs is 1. The van der Waals surface area contributed by atoms with Crippen LogP contribution in [0.15, 0.2) is 30.5 Å². The van der Waals surface area contributed by atoms with E-state index >= 15 is 0 Å². The highest BCUT2D eigenvalue weighted by molar-refractivity contribution is 5.31. The molecule has 1 aliphatic heterocycles. The van der Waals surface area contributed by atoms with E-state index in [1.807, 2.05) is 6.07 Å². The fraction of sp³-hybridized carbons (Fsp3) is 0.385. The third-order valence-electron chi connectivity index (χ3n) is 3.53. The second-order valence-electron chi connectivity index (χ2n) is 4.66. The number of rotatable bonds is 4. The number of benzene rings is 1. The summed E-state index contributed by atoms with van der Waals surface area (Å²) in [7, 11) is 0. The van der Waals surface area contributed by atoms with E-state index in [2.05, 4.69) is 39.0 Å². The van der Waals surface area contributed by atoms with Crippen LogP contribution in [-0.2, 0) is 11.2 Å². The summed E-state index contributed by atoms with van der Waals surface area (Å²) >= 11 is 0. The molecule has 4 N–H and O–H groups in total. The zero-order chi connectivity index (χ0) is 13.1. The Morgan fingerprint density at radius 2 is 2.37 bits per heavy atom. The second-order valence-corrected chi connectivity index (χ2v) is 4.66. The molecule has 100 valence electrons. The van der Waals surface area contributed by atoms with Gasteiger partial charge in [0.2, 0.25) is 0 Å². The van der Waals surface area contributed by atoms with E-state index in [0.29, 0.717) is 0 Å². The molecule has 1 aliphatic rings. The molecule has 0 aliphatic carbocycles. The van der Waals surface area contributed by atoms with Gasteiger partial charge in [-0.15, -0.1) is 0 Å². The van der Waals surface area contributed by atoms with Gasteiger partial charge in [-0.1, -0.05) is 24.3 Å². The van der Waals surface area contributed by atoms with Crippen molar-refractivity contribution in [3.63, 3.8) is 0 Å². The molecular weight excluding hydrogens is 242 g/mol. The van der Waals surface area contributed by atoms with Gasteiger partial charge in [-0.2, -0.15) is 15.4 Å². The lowest BCUT2D eigenvalue weighted by molar-refractivity contribution is 0.0290. The highest BCUT2D eigenvalue weighted by atomic mass is 16.5. The molecule has 0 saturated heterocycles. The van der Waals surface area contributed by atoms with Gasteiger partial charge < -0.3 is 4.74 Å². The summed E-state index contributed by atoms with van der Waals surface area (Å²) in [6, 6.07) is 8.32. The third kappa shape index (κ3) is 2.51. The molecule has 0 radical (unpaired) electrons. The van der Waals surface area contributed by atoms with Gasteiger partial charge in [-0.25, -0.2) is 0 Å². The first-order valence-corrected chi connectivity index (χ1v) is 6.39. The zero-order valence-corrected chi connectivity index (χ0v) is 10.5. The van der Waals surface area contributed by atoms with Crippen LogP contribution in [0.25, 0.3) is 0 Å². The van der Waals surface area contributed by atoms with Crippen LogP contribution in [0.5, 0.6) is 0 Å². The Kier molecular flexibility index (Phi) is 3.54. The SMILES string of the molecule is NNC(CC1OCCc2ccccc21)c1cn[nH]n1. The van der Waals surface area contributed by atoms with Crippen molar-refractivity contribution in [2.24, 2.45) is 5.84 Å². The van der Waals surface area contributed by atoms with Crippen molar-refractivity contribution in [1.29, 1.82) is 0 Å². The number of hydrazine groups is 1. The minimum absolute atomic E-state index is 0.0442. The van der Waals surface area contributed by atoms with Crippen molar-refractivity contribution in [1.82, 2.24) is 20.8 Å². The first-order chi connectivity index (χ1) is 9.38. The number of H-pyrrole nitrogens is 1. The van der Waals surface area contributed by atoms with E-state index in [-0.39, 0.29) is 12.1 Å². The van der Waals surface area contributed by atoms with Gasteiger partial charge in [0.25, 0.3) is 0 Å². The zero-order valence-electron chi connectivity index (χ0n) is 10.5. The van der Waals surface area contributed by atoms with Gasteiger partial charge in [-0.05, 0) is 17.5 Å². The highest BCUT2D eigenvalue weighted by Crippen LogP contribution is 2.33. The quantitative estimate of drug-likeness (QED) is 0.563. The fourth-order valence-electron chi connectivity index (χ4n) is 2.54. The molecule has 1 aromatic carbocycles. The Morgan fingerprint density at radius 1 is 1.47 bits per heavy atom. The summed E-state index contributed by atoms with van der Waals surface area (Å²) in [6.07, 6.45) is 3.43. The van der Waals surface area contributed by atoms with Crippen LogP contribution < -0.4 is 11.3 Å². The van der Waals surface area contributed by atoms with Crippen molar-refractivity contribution in [3.8, 4) is 0 Å². The topological polar surface area (TPSA) is 88.9 Å². The van der Waals surface area contributed by atoms with Gasteiger partial charge in [0, 0.05) is 6.42 Å². The Morgan fingerprint density at radius 3 is 3.16 bits per heavy atom. The first-order valence-electron chi connectivity index (χ1n) is 6.39. The molecule has 2 heterocycles. The molecule has 3 rings (SSSR count). The van der Waals surface area contributed by atoms with E-state index in [4.69, 9.17) is 10.6 Å². The molecule has 2 unspecified atom stereocenters. The van der Waals surface area contributed by atoms with E-state index in [1.165, 1.54) is 11.1 Å². The summed E-state index contributed by atoms with van der Waals surface area (Å²) in [5.41, 5.74) is 6.18. The maximum absolute atomic E-state index is 5.88. The van der Waals surface area contributed by atoms with Gasteiger partial charge >= 0.3 is 0 Å². The maximum atomic E-state index is 5.88. The molecule has 0 bridgehead atoms. The van der Waals surface area contributed by atoms with Crippen molar-refractivity contribution in [3.05, 3.63) is 47.3 Å². The van der Waals surface area contributed by atoms with Crippen molar-refractivity contribution in [2.75, 3.05) is 6.61 Å². The summed E-state index contributed by atoms with van der Waals surface area (Å²) in [6.45, 7) is 0.748. The van der Waals surface area contributed by atoms with Gasteiger partial charge in [-0.3, -0.25) is 11.3 Å². The van der Waals surface area contributed by atoms with E-state index in [1.54, 1.807) is 6.20 Å². The Hall–Kier alpha value is -1.76. The lowest BCUT2D eigenvalue weighted by atomic mass is 9.93. The first kappa shape index (κ1) is 12.3. The largest absolute Gasteiger partial charge is 0.373 e. The lowest BCUT2D eigenvalue weighted by Crippen LogP contribution is -2.31. The van der Waals surface area contributed by atoms with Crippen LogP contribution >= 0.6 is 0 Å². The number of hydrogen-bond acceptors (Lipinski definition) is 5. The monoisotopic (exact) mass is 259 g/mol. The highest BCUT2D eigenvalue weighted by Gasteiger charge is 2.25. The number of nitrogens with two attached hydrogens (primary N) is 1. The van der Waals surface area contributed by atoms with Crippen LogP contribution in [0.2, 0.25) is 0 Å². The number of hydrogen-bond donors (Lipinski definition) is 3. The Bertz CT molecular complexity index is 528. The number of nitrogens with zero attached hydrogens (tertiary/aromatic N) is 2. The summed E-state index contributed by atoms with van der Waals surface area (Å²) < 4.78 is 5.88. The van der Waals surface area contributed by atoms with E-state index in [9.17, 15) is 0 Å². The van der Waals surface area contributed by atoms with Crippen molar-refractivity contribution < 1.29 is 4.74 Å². The predicted molar refractivity (Wildman–Crippen MR) is 69.9 cm³/mol. The average molecular weight is 259 g/mol. The number of aromatic amines is 1. The van der Waals surface area contributed by atoms with E-state index < -0.39 is 0 Å². The van der Waals surface area contributed by atoms with Gasteiger partial charge in [0.1, 0.15) is 5.69 Å². The molecule has 0 fully saturated rings. The standard InChI is InChI=1S/C13H17N5O/c14-16-11(12-8-15-18-17-12)7-13-10-4-2-1-3-9(10)5-6-19-13/h1-4,8,11,13,16H,5-7,14H2,(H,15,17,18). The average Bonchev–Trinajstić information content (AvgIpc) is 2.99. The Balaban J connectivity index is 1.80. The van der Waals surface area contributed by atoms with Crippen molar-refractivity contribution in [2.45, 2.75) is 25.0 Å². The summed E-state index contributed by atoms with van der Waals surface area (Å²) in [5, 5.41) is 10.5. The molecule has 1 aromatic heterocycles. The minimum Gasteiger partial charge on any atom is -0.373 e. The Labute approximate surface area is 111 Å².